The number of rotatable bonds is 5. The molecule has 5 rings (SSSR count). The van der Waals surface area contributed by atoms with Crippen LogP contribution in [0.25, 0.3) is 28.3 Å². The van der Waals surface area contributed by atoms with Crippen LogP contribution in [0, 0.1) is 5.82 Å². The second kappa shape index (κ2) is 8.20. The highest BCUT2D eigenvalue weighted by atomic mass is 19.1. The molecule has 31 heavy (non-hydrogen) atoms. The number of carbonyl (C=O) groups excluding carboxylic acids is 1. The third kappa shape index (κ3) is 4.00. The smallest absolute Gasteiger partial charge is 0.234 e. The molecule has 0 saturated carbocycles. The summed E-state index contributed by atoms with van der Waals surface area (Å²) in [6.45, 7) is 2.40. The summed E-state index contributed by atoms with van der Waals surface area (Å²) in [6, 6.07) is 18.1. The first-order valence-electron chi connectivity index (χ1n) is 10.1. The Bertz CT molecular complexity index is 1200. The average molecular weight is 416 g/mol. The molecule has 3 heterocycles. The largest absolute Gasteiger partial charge is 0.463 e. The van der Waals surface area contributed by atoms with Crippen LogP contribution in [0.2, 0.25) is 0 Å². The number of hydrogen-bond acceptors (Lipinski definition) is 4. The van der Waals surface area contributed by atoms with Crippen molar-refractivity contribution in [1.82, 2.24) is 20.0 Å². The Labute approximate surface area is 178 Å². The highest BCUT2D eigenvalue weighted by Gasteiger charge is 2.22. The lowest BCUT2D eigenvalue weighted by molar-refractivity contribution is -0.124. The van der Waals surface area contributed by atoms with E-state index < -0.39 is 0 Å². The van der Waals surface area contributed by atoms with Crippen molar-refractivity contribution >= 4 is 5.91 Å². The Hall–Kier alpha value is -3.71. The standard InChI is InChI=1S/C24H21FN4O2/c25-20-4-1-3-18(13-20)17-6-8-21(9-7-17)29-24(22-5-2-12-31-22)19(14-27-29)15-28-11-10-26-23(30)16-28/h1-9,12-14H,10-11,15-16H2,(H,26,30). The quantitative estimate of drug-likeness (QED) is 0.537. The van der Waals surface area contributed by atoms with Crippen molar-refractivity contribution in [1.29, 1.82) is 0 Å². The van der Waals surface area contributed by atoms with Gasteiger partial charge in [0.25, 0.3) is 0 Å². The number of carbonyl (C=O) groups is 1. The molecule has 0 spiro atoms. The van der Waals surface area contributed by atoms with E-state index in [1.54, 1.807) is 12.3 Å². The number of piperazine rings is 1. The van der Waals surface area contributed by atoms with Gasteiger partial charge in [0, 0.05) is 25.2 Å². The molecule has 156 valence electrons. The van der Waals surface area contributed by atoms with E-state index in [0.717, 1.165) is 34.6 Å². The number of aromatic nitrogens is 2. The van der Waals surface area contributed by atoms with Gasteiger partial charge in [-0.2, -0.15) is 5.10 Å². The lowest BCUT2D eigenvalue weighted by atomic mass is 10.1. The van der Waals surface area contributed by atoms with Gasteiger partial charge in [-0.05, 0) is 47.5 Å². The maximum atomic E-state index is 13.6. The molecule has 1 amide bonds. The average Bonchev–Trinajstić information content (AvgIpc) is 3.44. The van der Waals surface area contributed by atoms with E-state index in [0.29, 0.717) is 25.4 Å². The molecular weight excluding hydrogens is 395 g/mol. The number of nitrogens with zero attached hydrogens (tertiary/aromatic N) is 3. The zero-order chi connectivity index (χ0) is 21.2. The molecule has 0 unspecified atom stereocenters. The van der Waals surface area contributed by atoms with Gasteiger partial charge < -0.3 is 9.73 Å². The molecule has 4 aromatic rings. The van der Waals surface area contributed by atoms with Gasteiger partial charge in [-0.25, -0.2) is 9.07 Å². The topological polar surface area (TPSA) is 63.3 Å². The summed E-state index contributed by atoms with van der Waals surface area (Å²) in [5.74, 6) is 0.485. The van der Waals surface area contributed by atoms with Gasteiger partial charge in [0.2, 0.25) is 5.91 Å². The number of hydrogen-bond donors (Lipinski definition) is 1. The van der Waals surface area contributed by atoms with Crippen molar-refractivity contribution < 1.29 is 13.6 Å². The second-order valence-electron chi connectivity index (χ2n) is 7.53. The molecule has 1 fully saturated rings. The molecule has 1 aliphatic rings. The summed E-state index contributed by atoms with van der Waals surface area (Å²) in [4.78, 5) is 13.9. The lowest BCUT2D eigenvalue weighted by Crippen LogP contribution is -2.47. The van der Waals surface area contributed by atoms with Crippen molar-refractivity contribution in [2.24, 2.45) is 0 Å². The van der Waals surface area contributed by atoms with Gasteiger partial charge in [0.15, 0.2) is 5.76 Å². The first-order chi connectivity index (χ1) is 15.2. The van der Waals surface area contributed by atoms with Gasteiger partial charge in [-0.1, -0.05) is 24.3 Å². The van der Waals surface area contributed by atoms with Gasteiger partial charge in [0.1, 0.15) is 11.5 Å². The summed E-state index contributed by atoms with van der Waals surface area (Å²) in [7, 11) is 0. The third-order valence-electron chi connectivity index (χ3n) is 5.38. The van der Waals surface area contributed by atoms with Crippen molar-refractivity contribution in [3.05, 3.63) is 84.5 Å². The lowest BCUT2D eigenvalue weighted by Gasteiger charge is -2.26. The molecule has 0 atom stereocenters. The summed E-state index contributed by atoms with van der Waals surface area (Å²) in [5.41, 5.74) is 4.46. The Morgan fingerprint density at radius 1 is 1.06 bits per heavy atom. The summed E-state index contributed by atoms with van der Waals surface area (Å²) in [6.07, 6.45) is 3.46. The van der Waals surface area contributed by atoms with E-state index in [2.05, 4.69) is 15.3 Å². The maximum Gasteiger partial charge on any atom is 0.234 e. The minimum absolute atomic E-state index is 0.0335. The third-order valence-corrected chi connectivity index (χ3v) is 5.38. The van der Waals surface area contributed by atoms with E-state index >= 15 is 0 Å². The molecule has 0 radical (unpaired) electrons. The SMILES string of the molecule is O=C1CN(Cc2cnn(-c3ccc(-c4cccc(F)c4)cc3)c2-c2ccco2)CCN1. The summed E-state index contributed by atoms with van der Waals surface area (Å²) in [5, 5.41) is 7.46. The molecule has 0 aliphatic carbocycles. The maximum absolute atomic E-state index is 13.6. The van der Waals surface area contributed by atoms with Gasteiger partial charge in [0.05, 0.1) is 24.7 Å². The van der Waals surface area contributed by atoms with Gasteiger partial charge in [-0.15, -0.1) is 0 Å². The Kier molecular flexibility index (Phi) is 5.09. The summed E-state index contributed by atoms with van der Waals surface area (Å²) < 4.78 is 21.1. The first-order valence-corrected chi connectivity index (χ1v) is 10.1. The number of benzene rings is 2. The molecular formula is C24H21FN4O2. The van der Waals surface area contributed by atoms with E-state index in [1.165, 1.54) is 12.1 Å². The molecule has 7 heteroatoms. The van der Waals surface area contributed by atoms with Crippen LogP contribution in [0.1, 0.15) is 5.56 Å². The van der Waals surface area contributed by atoms with Crippen LogP contribution in [-0.4, -0.2) is 40.2 Å². The number of halogens is 1. The normalized spacial score (nSPS) is 14.5. The van der Waals surface area contributed by atoms with Crippen molar-refractivity contribution in [3.8, 4) is 28.3 Å². The fourth-order valence-corrected chi connectivity index (χ4v) is 3.90. The van der Waals surface area contributed by atoms with Crippen LogP contribution in [0.15, 0.2) is 77.5 Å². The fraction of sp³-hybridized carbons (Fsp3) is 0.167. The molecule has 6 nitrogen and oxygen atoms in total. The predicted molar refractivity (Wildman–Crippen MR) is 115 cm³/mol. The van der Waals surface area contributed by atoms with Crippen molar-refractivity contribution in [2.45, 2.75) is 6.54 Å². The number of nitrogens with one attached hydrogen (secondary N) is 1. The zero-order valence-corrected chi connectivity index (χ0v) is 16.8. The van der Waals surface area contributed by atoms with E-state index in [4.69, 9.17) is 4.42 Å². The second-order valence-corrected chi connectivity index (χ2v) is 7.53. The minimum Gasteiger partial charge on any atom is -0.463 e. The van der Waals surface area contributed by atoms with Crippen LogP contribution in [0.4, 0.5) is 4.39 Å². The number of amides is 1. The fourth-order valence-electron chi connectivity index (χ4n) is 3.90. The monoisotopic (exact) mass is 416 g/mol. The zero-order valence-electron chi connectivity index (χ0n) is 16.8. The predicted octanol–water partition coefficient (Wildman–Crippen LogP) is 3.87. The van der Waals surface area contributed by atoms with Crippen molar-refractivity contribution in [3.63, 3.8) is 0 Å². The van der Waals surface area contributed by atoms with E-state index in [1.807, 2.05) is 53.3 Å². The van der Waals surface area contributed by atoms with E-state index in [9.17, 15) is 9.18 Å². The first kappa shape index (κ1) is 19.3. The van der Waals surface area contributed by atoms with Crippen LogP contribution >= 0.6 is 0 Å². The van der Waals surface area contributed by atoms with Crippen molar-refractivity contribution in [2.75, 3.05) is 19.6 Å². The molecule has 1 aliphatic heterocycles. The highest BCUT2D eigenvalue weighted by molar-refractivity contribution is 5.78. The Morgan fingerprint density at radius 2 is 1.94 bits per heavy atom. The number of furan rings is 1. The summed E-state index contributed by atoms with van der Waals surface area (Å²) >= 11 is 0. The Morgan fingerprint density at radius 3 is 2.68 bits per heavy atom. The highest BCUT2D eigenvalue weighted by Crippen LogP contribution is 2.29. The molecule has 1 saturated heterocycles. The molecule has 2 aromatic carbocycles. The Balaban J connectivity index is 1.49. The van der Waals surface area contributed by atoms with Crippen LogP contribution in [0.3, 0.4) is 0 Å². The van der Waals surface area contributed by atoms with E-state index in [-0.39, 0.29) is 11.7 Å². The molecule has 2 aromatic heterocycles. The van der Waals surface area contributed by atoms with Crippen LogP contribution in [-0.2, 0) is 11.3 Å². The molecule has 1 N–H and O–H groups in total. The van der Waals surface area contributed by atoms with Gasteiger partial charge >= 0.3 is 0 Å². The van der Waals surface area contributed by atoms with Crippen LogP contribution in [0.5, 0.6) is 0 Å². The molecule has 0 bridgehead atoms. The van der Waals surface area contributed by atoms with Gasteiger partial charge in [-0.3, -0.25) is 9.69 Å². The minimum atomic E-state index is -0.259. The van der Waals surface area contributed by atoms with Crippen LogP contribution < -0.4 is 5.32 Å².